The molecule has 0 atom stereocenters. The number of amides is 1. The fraction of sp³-hybridized carbons (Fsp3) is 0.292. The number of benzene rings is 2. The molecule has 2 aromatic carbocycles. The number of aromatic nitrogens is 2. The second-order valence-electron chi connectivity index (χ2n) is 7.66. The number of nitrogens with one attached hydrogen (secondary N) is 1. The highest BCUT2D eigenvalue weighted by Gasteiger charge is 2.12. The van der Waals surface area contributed by atoms with E-state index in [9.17, 15) is 9.59 Å². The molecular formula is C24H26N4O2. The minimum Gasteiger partial charge on any atom is -0.350 e. The number of hydrogen-bond donors (Lipinski definition) is 1. The lowest BCUT2D eigenvalue weighted by molar-refractivity contribution is -0.122. The summed E-state index contributed by atoms with van der Waals surface area (Å²) in [7, 11) is 0. The zero-order valence-electron chi connectivity index (χ0n) is 17.0. The van der Waals surface area contributed by atoms with Gasteiger partial charge in [-0.15, -0.1) is 0 Å². The highest BCUT2D eigenvalue weighted by atomic mass is 16.2. The Kier molecular flexibility index (Phi) is 6.35. The van der Waals surface area contributed by atoms with Gasteiger partial charge in [-0.2, -0.15) is 5.10 Å². The zero-order valence-corrected chi connectivity index (χ0v) is 17.0. The molecule has 0 spiro atoms. The van der Waals surface area contributed by atoms with Crippen molar-refractivity contribution in [3.05, 3.63) is 88.2 Å². The van der Waals surface area contributed by atoms with E-state index in [4.69, 9.17) is 0 Å². The van der Waals surface area contributed by atoms with Crippen molar-refractivity contribution < 1.29 is 4.79 Å². The average Bonchev–Trinajstić information content (AvgIpc) is 3.28. The molecule has 1 aliphatic heterocycles. The first-order valence-corrected chi connectivity index (χ1v) is 10.4. The first kappa shape index (κ1) is 20.0. The van der Waals surface area contributed by atoms with Gasteiger partial charge >= 0.3 is 0 Å². The van der Waals surface area contributed by atoms with E-state index in [1.54, 1.807) is 6.07 Å². The van der Waals surface area contributed by atoms with E-state index in [1.807, 2.05) is 42.5 Å². The molecule has 30 heavy (non-hydrogen) atoms. The molecule has 1 aromatic heterocycles. The van der Waals surface area contributed by atoms with Crippen molar-refractivity contribution in [2.45, 2.75) is 32.5 Å². The van der Waals surface area contributed by atoms with Crippen molar-refractivity contribution in [1.82, 2.24) is 20.0 Å². The van der Waals surface area contributed by atoms with Crippen LogP contribution in [0, 0.1) is 0 Å². The van der Waals surface area contributed by atoms with Gasteiger partial charge in [0, 0.05) is 24.7 Å². The summed E-state index contributed by atoms with van der Waals surface area (Å²) in [6.45, 7) is 3.66. The highest BCUT2D eigenvalue weighted by Crippen LogP contribution is 2.14. The topological polar surface area (TPSA) is 67.2 Å². The summed E-state index contributed by atoms with van der Waals surface area (Å²) in [5, 5.41) is 7.21. The van der Waals surface area contributed by atoms with Gasteiger partial charge in [-0.05, 0) is 43.1 Å². The molecule has 0 radical (unpaired) electrons. The molecule has 4 rings (SSSR count). The van der Waals surface area contributed by atoms with E-state index in [-0.39, 0.29) is 18.0 Å². The van der Waals surface area contributed by atoms with E-state index >= 15 is 0 Å². The molecule has 6 heteroatoms. The van der Waals surface area contributed by atoms with Gasteiger partial charge in [0.1, 0.15) is 6.54 Å². The van der Waals surface area contributed by atoms with Gasteiger partial charge in [0.15, 0.2) is 0 Å². The predicted molar refractivity (Wildman–Crippen MR) is 117 cm³/mol. The second kappa shape index (κ2) is 9.50. The molecule has 1 N–H and O–H groups in total. The van der Waals surface area contributed by atoms with Gasteiger partial charge in [-0.25, -0.2) is 4.68 Å². The van der Waals surface area contributed by atoms with Crippen molar-refractivity contribution in [2.24, 2.45) is 0 Å². The van der Waals surface area contributed by atoms with Crippen LogP contribution >= 0.6 is 0 Å². The van der Waals surface area contributed by atoms with Gasteiger partial charge in [-0.1, -0.05) is 54.6 Å². The third-order valence-electron chi connectivity index (χ3n) is 5.35. The Morgan fingerprint density at radius 1 is 0.900 bits per heavy atom. The predicted octanol–water partition coefficient (Wildman–Crippen LogP) is 2.82. The monoisotopic (exact) mass is 402 g/mol. The lowest BCUT2D eigenvalue weighted by atomic mass is 10.1. The lowest BCUT2D eigenvalue weighted by Crippen LogP contribution is -2.33. The van der Waals surface area contributed by atoms with Gasteiger partial charge in [0.25, 0.3) is 5.56 Å². The summed E-state index contributed by atoms with van der Waals surface area (Å²) in [6.07, 6.45) is 2.58. The number of carbonyl (C=O) groups excluding carboxylic acids is 1. The van der Waals surface area contributed by atoms with Crippen LogP contribution in [-0.2, 0) is 24.4 Å². The Morgan fingerprint density at radius 2 is 1.60 bits per heavy atom. The molecule has 154 valence electrons. The standard InChI is InChI=1S/C24H26N4O2/c29-23(18-28-24(30)13-12-22(26-28)21-6-2-1-3-7-21)25-16-19-8-10-20(11-9-19)17-27-14-4-5-15-27/h1-3,6-13H,4-5,14-18H2,(H,25,29). The average molecular weight is 402 g/mol. The first-order valence-electron chi connectivity index (χ1n) is 10.4. The van der Waals surface area contributed by atoms with Crippen molar-refractivity contribution in [3.8, 4) is 11.3 Å². The van der Waals surface area contributed by atoms with Crippen LogP contribution in [0.3, 0.4) is 0 Å². The van der Waals surface area contributed by atoms with Gasteiger partial charge in [0.2, 0.25) is 5.91 Å². The van der Waals surface area contributed by atoms with Crippen molar-refractivity contribution in [1.29, 1.82) is 0 Å². The molecule has 1 aliphatic rings. The van der Waals surface area contributed by atoms with Gasteiger partial charge in [0.05, 0.1) is 5.69 Å². The fourth-order valence-corrected chi connectivity index (χ4v) is 3.68. The molecule has 1 saturated heterocycles. The van der Waals surface area contributed by atoms with Crippen LogP contribution in [0.5, 0.6) is 0 Å². The summed E-state index contributed by atoms with van der Waals surface area (Å²) >= 11 is 0. The van der Waals surface area contributed by atoms with Crippen molar-refractivity contribution in [3.63, 3.8) is 0 Å². The van der Waals surface area contributed by atoms with Crippen LogP contribution in [0.15, 0.2) is 71.5 Å². The SMILES string of the molecule is O=C(Cn1nc(-c2ccccc2)ccc1=O)NCc1ccc(CN2CCCC2)cc1. The number of carbonyl (C=O) groups is 1. The van der Waals surface area contributed by atoms with E-state index in [0.29, 0.717) is 12.2 Å². The summed E-state index contributed by atoms with van der Waals surface area (Å²) in [6, 6.07) is 21.0. The normalized spacial score (nSPS) is 14.0. The maximum atomic E-state index is 12.4. The molecule has 2 heterocycles. The first-order chi connectivity index (χ1) is 14.7. The quantitative estimate of drug-likeness (QED) is 0.660. The molecule has 1 amide bonds. The Bertz CT molecular complexity index is 1040. The smallest absolute Gasteiger partial charge is 0.267 e. The highest BCUT2D eigenvalue weighted by molar-refractivity contribution is 5.75. The molecule has 0 bridgehead atoms. The Balaban J connectivity index is 1.33. The van der Waals surface area contributed by atoms with E-state index < -0.39 is 0 Å². The van der Waals surface area contributed by atoms with Crippen molar-refractivity contribution in [2.75, 3.05) is 13.1 Å². The number of likely N-dealkylation sites (tertiary alicyclic amines) is 1. The largest absolute Gasteiger partial charge is 0.350 e. The number of hydrogen-bond acceptors (Lipinski definition) is 4. The second-order valence-corrected chi connectivity index (χ2v) is 7.66. The van der Waals surface area contributed by atoms with Gasteiger partial charge < -0.3 is 5.32 Å². The van der Waals surface area contributed by atoms with Crippen LogP contribution in [-0.4, -0.2) is 33.7 Å². The van der Waals surface area contributed by atoms with E-state index in [0.717, 1.165) is 17.7 Å². The Labute approximate surface area is 176 Å². The van der Waals surface area contributed by atoms with E-state index in [1.165, 1.54) is 42.2 Å². The van der Waals surface area contributed by atoms with Crippen LogP contribution in [0.2, 0.25) is 0 Å². The van der Waals surface area contributed by atoms with Gasteiger partial charge in [-0.3, -0.25) is 14.5 Å². The van der Waals surface area contributed by atoms with Crippen LogP contribution < -0.4 is 10.9 Å². The van der Waals surface area contributed by atoms with Crippen LogP contribution in [0.25, 0.3) is 11.3 Å². The summed E-state index contributed by atoms with van der Waals surface area (Å²) < 4.78 is 1.21. The minimum absolute atomic E-state index is 0.105. The summed E-state index contributed by atoms with van der Waals surface area (Å²) in [4.78, 5) is 26.9. The van der Waals surface area contributed by atoms with E-state index in [2.05, 4.69) is 27.4 Å². The summed E-state index contributed by atoms with van der Waals surface area (Å²) in [5.74, 6) is -0.240. The van der Waals surface area contributed by atoms with Crippen LogP contribution in [0.1, 0.15) is 24.0 Å². The third-order valence-corrected chi connectivity index (χ3v) is 5.35. The third kappa shape index (κ3) is 5.21. The number of nitrogens with zero attached hydrogens (tertiary/aromatic N) is 3. The molecule has 3 aromatic rings. The zero-order chi connectivity index (χ0) is 20.8. The fourth-order valence-electron chi connectivity index (χ4n) is 3.68. The Morgan fingerprint density at radius 3 is 2.33 bits per heavy atom. The molecule has 6 nitrogen and oxygen atoms in total. The molecule has 1 fully saturated rings. The van der Waals surface area contributed by atoms with Crippen molar-refractivity contribution >= 4 is 5.91 Å². The van der Waals surface area contributed by atoms with Crippen LogP contribution in [0.4, 0.5) is 0 Å². The lowest BCUT2D eigenvalue weighted by Gasteiger charge is -2.14. The molecule has 0 aliphatic carbocycles. The number of rotatable bonds is 7. The molecule has 0 saturated carbocycles. The molecule has 0 unspecified atom stereocenters. The minimum atomic E-state index is -0.295. The maximum Gasteiger partial charge on any atom is 0.267 e. The summed E-state index contributed by atoms with van der Waals surface area (Å²) in [5.41, 5.74) is 3.60. The molecular weight excluding hydrogens is 376 g/mol. The maximum absolute atomic E-state index is 12.4. The Hall–Kier alpha value is -3.25.